The number of hydrogen-bond acceptors (Lipinski definition) is 6. The predicted molar refractivity (Wildman–Crippen MR) is 137 cm³/mol. The van der Waals surface area contributed by atoms with Gasteiger partial charge in [-0.25, -0.2) is 0 Å². The standard InChI is InChI=1S/C23H50N6.3ClH.Mn/c1-2-3-4-9-21-19-29-23-12-6-5-11-22(23)27-17-15-25-14-16-26-20(18-28-21)10-7-8-13-24;;;;/h20-23,25-29H,2-19,24H2,1H3;3*1H;/q;;;;+2/p-3/t20-,21+,22?,23?;;;;/m1..../s1. The van der Waals surface area contributed by atoms with Crippen LogP contribution < -0.4 is 44.7 Å². The summed E-state index contributed by atoms with van der Waals surface area (Å²) in [5.74, 6) is 0. The first-order chi connectivity index (χ1) is 15.7. The Balaban J connectivity index is 0.00000242. The first kappa shape index (κ1) is 34.1. The summed E-state index contributed by atoms with van der Waals surface area (Å²) >= 11 is 0.00694. The van der Waals surface area contributed by atoms with Crippen LogP contribution in [0.4, 0.5) is 0 Å². The van der Waals surface area contributed by atoms with Gasteiger partial charge in [0, 0.05) is 63.4 Å². The molecule has 0 aromatic rings. The van der Waals surface area contributed by atoms with E-state index in [9.17, 15) is 0 Å². The molecule has 1 saturated heterocycles. The van der Waals surface area contributed by atoms with E-state index in [0.717, 1.165) is 52.2 Å². The van der Waals surface area contributed by atoms with Gasteiger partial charge >= 0.3 is 33.3 Å². The number of hydrogen-bond donors (Lipinski definition) is 6. The van der Waals surface area contributed by atoms with E-state index < -0.39 is 0 Å². The van der Waals surface area contributed by atoms with Gasteiger partial charge in [0.1, 0.15) is 0 Å². The van der Waals surface area contributed by atoms with Crippen LogP contribution in [-0.2, 0) is 13.1 Å². The number of nitrogens with two attached hydrogens (primary N) is 1. The van der Waals surface area contributed by atoms with E-state index in [2.05, 4.69) is 33.5 Å². The van der Waals surface area contributed by atoms with E-state index in [1.54, 1.807) is 0 Å². The zero-order valence-corrected chi connectivity index (χ0v) is 24.1. The zero-order chi connectivity index (χ0) is 23.3. The fraction of sp³-hybridized carbons (Fsp3) is 1.00. The second-order valence-corrected chi connectivity index (χ2v) is 11.1. The Labute approximate surface area is 224 Å². The summed E-state index contributed by atoms with van der Waals surface area (Å²) in [7, 11) is 9.59. The minimum atomic E-state index is 0. The van der Waals surface area contributed by atoms with E-state index in [4.69, 9.17) is 25.9 Å². The van der Waals surface area contributed by atoms with Crippen molar-refractivity contribution in [3.05, 3.63) is 0 Å². The van der Waals surface area contributed by atoms with Gasteiger partial charge in [0.2, 0.25) is 0 Å². The normalized spacial score (nSPS) is 27.6. The Hall–Kier alpha value is 1.15. The molecule has 1 aliphatic heterocycles. The Bertz CT molecular complexity index is 414. The third-order valence-electron chi connectivity index (χ3n) is 6.65. The maximum atomic E-state index is 5.71. The fourth-order valence-electron chi connectivity index (χ4n) is 4.79. The molecule has 6 nitrogen and oxygen atoms in total. The molecule has 0 spiro atoms. The minimum absolute atomic E-state index is 0. The van der Waals surface area contributed by atoms with Crippen LogP contribution in [0, 0.1) is 0 Å². The van der Waals surface area contributed by atoms with Crippen LogP contribution in [0.5, 0.6) is 0 Å². The van der Waals surface area contributed by atoms with E-state index in [0.29, 0.717) is 24.2 Å². The molecular formula is C23H50Cl3MnN6-. The van der Waals surface area contributed by atoms with Crippen LogP contribution in [0.3, 0.4) is 0 Å². The molecule has 1 aliphatic carbocycles. The third kappa shape index (κ3) is 18.1. The van der Waals surface area contributed by atoms with Crippen molar-refractivity contribution in [3.8, 4) is 0 Å². The summed E-state index contributed by atoms with van der Waals surface area (Å²) in [6.07, 6.45) is 14.2. The molecule has 2 fully saturated rings. The summed E-state index contributed by atoms with van der Waals surface area (Å²) in [4.78, 5) is 0. The first-order valence-electron chi connectivity index (χ1n) is 13.0. The summed E-state index contributed by atoms with van der Waals surface area (Å²) in [5.41, 5.74) is 5.71. The predicted octanol–water partition coefficient (Wildman–Crippen LogP) is 0.0862. The van der Waals surface area contributed by atoms with Crippen molar-refractivity contribution in [3.63, 3.8) is 0 Å². The van der Waals surface area contributed by atoms with Crippen molar-refractivity contribution in [1.29, 1.82) is 0 Å². The molecule has 33 heavy (non-hydrogen) atoms. The van der Waals surface area contributed by atoms with Gasteiger partial charge in [0.05, 0.1) is 0 Å². The van der Waals surface area contributed by atoms with Crippen LogP contribution in [0.25, 0.3) is 0 Å². The summed E-state index contributed by atoms with van der Waals surface area (Å²) in [5, 5.41) is 19.1. The Morgan fingerprint density at radius 3 is 1.94 bits per heavy atom. The average molecular weight is 572 g/mol. The van der Waals surface area contributed by atoms with E-state index in [-0.39, 0.29) is 25.5 Å². The van der Waals surface area contributed by atoms with Crippen molar-refractivity contribution in [2.75, 3.05) is 45.8 Å². The molecular weight excluding hydrogens is 522 g/mol. The molecule has 0 aromatic carbocycles. The molecule has 1 saturated carbocycles. The second kappa shape index (κ2) is 24.8. The van der Waals surface area contributed by atoms with Crippen molar-refractivity contribution >= 4 is 20.2 Å². The number of unbranched alkanes of at least 4 members (excludes halogenated alkanes) is 3. The number of halogens is 3. The summed E-state index contributed by atoms with van der Waals surface area (Å²) < 4.78 is 0. The molecule has 7 N–H and O–H groups in total. The van der Waals surface area contributed by atoms with Gasteiger partial charge < -0.3 is 44.7 Å². The molecule has 2 rings (SSSR count). The Kier molecular flexibility index (Phi) is 25.7. The zero-order valence-electron chi connectivity index (χ0n) is 20.6. The van der Waals surface area contributed by atoms with Crippen LogP contribution in [0.1, 0.15) is 77.6 Å². The van der Waals surface area contributed by atoms with Gasteiger partial charge in [-0.15, -0.1) is 0 Å². The van der Waals surface area contributed by atoms with Gasteiger partial charge in [-0.1, -0.05) is 45.4 Å². The molecule has 0 bridgehead atoms. The van der Waals surface area contributed by atoms with Crippen LogP contribution in [-0.4, -0.2) is 70.0 Å². The van der Waals surface area contributed by atoms with Crippen molar-refractivity contribution in [2.24, 2.45) is 5.73 Å². The van der Waals surface area contributed by atoms with Crippen LogP contribution >= 0.6 is 20.2 Å². The molecule has 2 unspecified atom stereocenters. The molecule has 2 aliphatic rings. The van der Waals surface area contributed by atoms with Gasteiger partial charge in [-0.3, -0.25) is 0 Å². The van der Waals surface area contributed by atoms with Gasteiger partial charge in [-0.05, 0) is 38.6 Å². The van der Waals surface area contributed by atoms with Crippen LogP contribution in [0.15, 0.2) is 0 Å². The number of nitrogens with one attached hydrogen (secondary N) is 5. The van der Waals surface area contributed by atoms with E-state index in [1.807, 2.05) is 0 Å². The topological polar surface area (TPSA) is 86.2 Å². The van der Waals surface area contributed by atoms with Crippen molar-refractivity contribution in [2.45, 2.75) is 102 Å². The molecule has 0 amide bonds. The van der Waals surface area contributed by atoms with Crippen LogP contribution in [0.2, 0.25) is 0 Å². The number of fused-ring (bicyclic) bond motifs is 1. The summed E-state index contributed by atoms with van der Waals surface area (Å²) in [6.45, 7) is 9.48. The Morgan fingerprint density at radius 2 is 1.30 bits per heavy atom. The average Bonchev–Trinajstić information content (AvgIpc) is 2.80. The monoisotopic (exact) mass is 570 g/mol. The molecule has 201 valence electrons. The molecule has 1 heterocycles. The molecule has 0 aromatic heterocycles. The first-order valence-corrected chi connectivity index (χ1v) is 16.2. The quantitative estimate of drug-likeness (QED) is 0.183. The second-order valence-electron chi connectivity index (χ2n) is 9.20. The van der Waals surface area contributed by atoms with E-state index in [1.165, 1.54) is 64.2 Å². The molecule has 10 heteroatoms. The van der Waals surface area contributed by atoms with Gasteiger partial charge in [0.15, 0.2) is 0 Å². The maximum absolute atomic E-state index is 5.71. The molecule has 4 atom stereocenters. The van der Waals surface area contributed by atoms with E-state index >= 15 is 0 Å². The SMILES string of the molecule is CCCCC[C@H]1CNC2CCCCC2NCCNCCN[C@H](CCCCN)CN1.[Cl-].[Cl][Mn][Cl]. The number of rotatable bonds is 8. The van der Waals surface area contributed by atoms with Crippen molar-refractivity contribution < 1.29 is 25.5 Å². The summed E-state index contributed by atoms with van der Waals surface area (Å²) in [6, 6.07) is 2.38. The van der Waals surface area contributed by atoms with Gasteiger partial charge in [0.25, 0.3) is 0 Å². The van der Waals surface area contributed by atoms with Gasteiger partial charge in [-0.2, -0.15) is 0 Å². The Morgan fingerprint density at radius 1 is 0.758 bits per heavy atom. The van der Waals surface area contributed by atoms with Crippen molar-refractivity contribution in [1.82, 2.24) is 26.6 Å². The fourth-order valence-corrected chi connectivity index (χ4v) is 4.79. The third-order valence-corrected chi connectivity index (χ3v) is 6.65. The molecule has 0 radical (unpaired) electrons.